The molecule has 1 nitrogen and oxygen atoms in total. The molecule has 0 heterocycles. The van der Waals surface area contributed by atoms with Gasteiger partial charge in [-0.25, -0.2) is 0 Å². The van der Waals surface area contributed by atoms with Crippen LogP contribution in [0.25, 0.3) is 0 Å². The smallest absolute Gasteiger partial charge is 0.155 e. The number of carbonyl (C=O) groups excluding carboxylic acids is 1. The molecule has 0 aliphatic heterocycles. The number of hydrogen-bond acceptors (Lipinski definition) is 1. The quantitative estimate of drug-likeness (QED) is 0.447. The zero-order valence-electron chi connectivity index (χ0n) is 19.8. The Morgan fingerprint density at radius 2 is 1.69 bits per heavy atom. The van der Waals surface area contributed by atoms with Gasteiger partial charge in [-0.05, 0) is 103 Å². The fourth-order valence-corrected chi connectivity index (χ4v) is 8.17. The Labute approximate surface area is 179 Å². The molecule has 0 aromatic carbocycles. The van der Waals surface area contributed by atoms with E-state index in [4.69, 9.17) is 0 Å². The van der Waals surface area contributed by atoms with Crippen LogP contribution in [0.15, 0.2) is 23.8 Å². The fourth-order valence-electron chi connectivity index (χ4n) is 8.17. The molecule has 0 N–H and O–H groups in total. The van der Waals surface area contributed by atoms with Crippen LogP contribution in [0.2, 0.25) is 0 Å². The molecule has 0 bridgehead atoms. The van der Waals surface area contributed by atoms with Gasteiger partial charge in [0.2, 0.25) is 0 Å². The molecular weight excluding hydrogens is 352 g/mol. The number of carbonyl (C=O) groups is 1. The maximum atomic E-state index is 12.0. The molecule has 0 aromatic rings. The fraction of sp³-hybridized carbons (Fsp3) is 0.821. The maximum absolute atomic E-state index is 12.0. The minimum absolute atomic E-state index is 0.314. The summed E-state index contributed by atoms with van der Waals surface area (Å²) in [7, 11) is 0. The molecule has 162 valence electrons. The second-order valence-electron chi connectivity index (χ2n) is 12.0. The van der Waals surface area contributed by atoms with Crippen molar-refractivity contribution in [2.45, 2.75) is 92.9 Å². The lowest BCUT2D eigenvalue weighted by atomic mass is 9.46. The van der Waals surface area contributed by atoms with E-state index >= 15 is 0 Å². The molecular formula is C28H44O. The maximum Gasteiger partial charge on any atom is 0.155 e. The Morgan fingerprint density at radius 3 is 2.41 bits per heavy atom. The molecule has 0 unspecified atom stereocenters. The molecule has 0 spiro atoms. The number of hydrogen-bond donors (Lipinski definition) is 0. The highest BCUT2D eigenvalue weighted by molar-refractivity contribution is 5.91. The third-order valence-electron chi connectivity index (χ3n) is 10.4. The molecule has 29 heavy (non-hydrogen) atoms. The zero-order chi connectivity index (χ0) is 21.0. The van der Waals surface area contributed by atoms with E-state index in [-0.39, 0.29) is 0 Å². The van der Waals surface area contributed by atoms with Crippen LogP contribution in [-0.4, -0.2) is 5.78 Å². The molecule has 0 radical (unpaired) electrons. The van der Waals surface area contributed by atoms with Crippen LogP contribution in [-0.2, 0) is 4.79 Å². The third kappa shape index (κ3) is 3.49. The van der Waals surface area contributed by atoms with Gasteiger partial charge in [0.05, 0.1) is 0 Å². The van der Waals surface area contributed by atoms with E-state index in [2.05, 4.69) is 53.7 Å². The molecule has 0 amide bonds. The highest BCUT2D eigenvalue weighted by atomic mass is 16.1. The molecule has 3 saturated carbocycles. The third-order valence-corrected chi connectivity index (χ3v) is 10.4. The van der Waals surface area contributed by atoms with Crippen molar-refractivity contribution in [1.82, 2.24) is 0 Å². The first kappa shape index (κ1) is 21.4. The molecule has 8 atom stereocenters. The van der Waals surface area contributed by atoms with Crippen molar-refractivity contribution in [3.63, 3.8) is 0 Å². The summed E-state index contributed by atoms with van der Waals surface area (Å²) in [6.07, 6.45) is 17.2. The van der Waals surface area contributed by atoms with Crippen LogP contribution >= 0.6 is 0 Å². The van der Waals surface area contributed by atoms with Gasteiger partial charge < -0.3 is 0 Å². The average Bonchev–Trinajstić information content (AvgIpc) is 3.03. The Kier molecular flexibility index (Phi) is 5.67. The van der Waals surface area contributed by atoms with Crippen molar-refractivity contribution in [2.75, 3.05) is 0 Å². The van der Waals surface area contributed by atoms with Crippen LogP contribution in [0.3, 0.4) is 0 Å². The zero-order valence-corrected chi connectivity index (χ0v) is 19.8. The summed E-state index contributed by atoms with van der Waals surface area (Å²) in [4.78, 5) is 12.0. The number of fused-ring (bicyclic) bond motifs is 5. The van der Waals surface area contributed by atoms with Gasteiger partial charge in [-0.1, -0.05) is 59.3 Å². The molecule has 4 rings (SSSR count). The molecule has 1 heteroatoms. The largest absolute Gasteiger partial charge is 0.295 e. The van der Waals surface area contributed by atoms with Gasteiger partial charge in [-0.2, -0.15) is 0 Å². The second-order valence-corrected chi connectivity index (χ2v) is 12.0. The minimum Gasteiger partial charge on any atom is -0.295 e. The molecule has 3 fully saturated rings. The molecule has 4 aliphatic rings. The van der Waals surface area contributed by atoms with Crippen molar-refractivity contribution in [2.24, 2.45) is 52.3 Å². The van der Waals surface area contributed by atoms with E-state index < -0.39 is 0 Å². The predicted molar refractivity (Wildman–Crippen MR) is 123 cm³/mol. The van der Waals surface area contributed by atoms with Crippen LogP contribution in [0.5, 0.6) is 0 Å². The summed E-state index contributed by atoms with van der Waals surface area (Å²) in [6.45, 7) is 14.7. The SMILES string of the molecule is CC(C)[C@H](C)/C=C/[C@@H](C)[C@H]1CC[C@H]2[C@@H]3CCC4=CC(=O)CC[C@]4(C)[C@H]3CC[C@]12C. The van der Waals surface area contributed by atoms with Crippen LogP contribution in [0, 0.1) is 52.3 Å². The Bertz CT molecular complexity index is 699. The number of rotatable bonds is 4. The summed E-state index contributed by atoms with van der Waals surface area (Å²) in [6, 6.07) is 0. The van der Waals surface area contributed by atoms with Crippen molar-refractivity contribution < 1.29 is 4.79 Å². The predicted octanol–water partition coefficient (Wildman–Crippen LogP) is 7.62. The number of ketones is 1. The Morgan fingerprint density at radius 1 is 0.931 bits per heavy atom. The normalized spacial score (nSPS) is 44.2. The minimum atomic E-state index is 0.314. The van der Waals surface area contributed by atoms with Crippen molar-refractivity contribution in [3.05, 3.63) is 23.8 Å². The topological polar surface area (TPSA) is 17.1 Å². The highest BCUT2D eigenvalue weighted by Crippen LogP contribution is 2.67. The first-order valence-corrected chi connectivity index (χ1v) is 12.6. The van der Waals surface area contributed by atoms with Crippen LogP contribution < -0.4 is 0 Å². The standard InChI is InChI=1S/C28H44O/c1-18(2)19(3)7-8-20(4)24-11-12-25-23-10-9-21-17-22(29)13-15-27(21,5)26(23)14-16-28(24,25)6/h7-8,17-20,23-26H,9-16H2,1-6H3/b8-7+/t19-,20-,23+,24-,25+,26+,27+,28-/m1/s1. The summed E-state index contributed by atoms with van der Waals surface area (Å²) in [5.41, 5.74) is 2.34. The van der Waals surface area contributed by atoms with E-state index in [1.807, 2.05) is 6.08 Å². The first-order chi connectivity index (χ1) is 13.7. The lowest BCUT2D eigenvalue weighted by molar-refractivity contribution is -0.117. The van der Waals surface area contributed by atoms with Crippen molar-refractivity contribution >= 4 is 5.78 Å². The molecule has 0 aromatic heterocycles. The van der Waals surface area contributed by atoms with Gasteiger partial charge in [-0.3, -0.25) is 4.79 Å². The Balaban J connectivity index is 1.53. The highest BCUT2D eigenvalue weighted by Gasteiger charge is 2.59. The van der Waals surface area contributed by atoms with Gasteiger partial charge >= 0.3 is 0 Å². The lowest BCUT2D eigenvalue weighted by Gasteiger charge is -2.58. The number of allylic oxidation sites excluding steroid dienone is 3. The summed E-state index contributed by atoms with van der Waals surface area (Å²) >= 11 is 0. The first-order valence-electron chi connectivity index (χ1n) is 12.6. The van der Waals surface area contributed by atoms with E-state index in [1.165, 1.54) is 44.1 Å². The van der Waals surface area contributed by atoms with Crippen molar-refractivity contribution in [3.8, 4) is 0 Å². The average molecular weight is 397 g/mol. The molecule has 4 aliphatic carbocycles. The van der Waals surface area contributed by atoms with E-state index in [0.29, 0.717) is 28.4 Å². The summed E-state index contributed by atoms with van der Waals surface area (Å²) < 4.78 is 0. The second kappa shape index (κ2) is 7.69. The van der Waals surface area contributed by atoms with E-state index in [1.54, 1.807) is 0 Å². The van der Waals surface area contributed by atoms with E-state index in [9.17, 15) is 4.79 Å². The van der Waals surface area contributed by atoms with Gasteiger partial charge in [0.15, 0.2) is 5.78 Å². The summed E-state index contributed by atoms with van der Waals surface area (Å²) in [5.74, 6) is 5.95. The van der Waals surface area contributed by atoms with Gasteiger partial charge in [-0.15, -0.1) is 0 Å². The molecule has 0 saturated heterocycles. The van der Waals surface area contributed by atoms with Crippen molar-refractivity contribution in [1.29, 1.82) is 0 Å². The monoisotopic (exact) mass is 396 g/mol. The Hall–Kier alpha value is -0.850. The summed E-state index contributed by atoms with van der Waals surface area (Å²) in [5, 5.41) is 0. The van der Waals surface area contributed by atoms with Gasteiger partial charge in [0, 0.05) is 6.42 Å². The van der Waals surface area contributed by atoms with Crippen LogP contribution in [0.4, 0.5) is 0 Å². The lowest BCUT2D eigenvalue weighted by Crippen LogP contribution is -2.50. The van der Waals surface area contributed by atoms with E-state index in [0.717, 1.165) is 42.4 Å². The van der Waals surface area contributed by atoms with Crippen LogP contribution in [0.1, 0.15) is 92.9 Å². The van der Waals surface area contributed by atoms with Gasteiger partial charge in [0.1, 0.15) is 0 Å². The van der Waals surface area contributed by atoms with Gasteiger partial charge in [0.25, 0.3) is 0 Å².